The fourth-order valence-electron chi connectivity index (χ4n) is 1.96. The summed E-state index contributed by atoms with van der Waals surface area (Å²) in [5.74, 6) is 1.57. The lowest BCUT2D eigenvalue weighted by molar-refractivity contribution is 0.391. The number of nitrogens with one attached hydrogen (secondary N) is 1. The van der Waals surface area contributed by atoms with E-state index in [1.165, 1.54) is 5.56 Å². The predicted octanol–water partition coefficient (Wildman–Crippen LogP) is 4.28. The van der Waals surface area contributed by atoms with Gasteiger partial charge in [-0.3, -0.25) is 0 Å². The van der Waals surface area contributed by atoms with Crippen LogP contribution in [-0.2, 0) is 6.54 Å². The Labute approximate surface area is 124 Å². The summed E-state index contributed by atoms with van der Waals surface area (Å²) in [5, 5.41) is 4.04. The van der Waals surface area contributed by atoms with E-state index in [4.69, 9.17) is 21.1 Å². The maximum absolute atomic E-state index is 6.17. The number of halogens is 1. The quantitative estimate of drug-likeness (QED) is 0.892. The minimum Gasteiger partial charge on any atom is -0.497 e. The second-order valence-electron chi connectivity index (χ2n) is 4.51. The van der Waals surface area contributed by atoms with Crippen LogP contribution in [0.2, 0.25) is 5.02 Å². The lowest BCUT2D eigenvalue weighted by atomic mass is 10.1. The Morgan fingerprint density at radius 2 is 1.85 bits per heavy atom. The summed E-state index contributed by atoms with van der Waals surface area (Å²) in [6.07, 6.45) is 0. The van der Waals surface area contributed by atoms with Gasteiger partial charge >= 0.3 is 0 Å². The van der Waals surface area contributed by atoms with Gasteiger partial charge in [0.1, 0.15) is 11.5 Å². The topological polar surface area (TPSA) is 30.5 Å². The number of anilines is 1. The van der Waals surface area contributed by atoms with Crippen LogP contribution in [0.15, 0.2) is 36.4 Å². The molecule has 2 aromatic rings. The molecular weight excluding hydrogens is 274 g/mol. The van der Waals surface area contributed by atoms with Crippen LogP contribution in [0.5, 0.6) is 11.5 Å². The smallest absolute Gasteiger partial charge is 0.127 e. The molecule has 0 bridgehead atoms. The maximum atomic E-state index is 6.17. The first-order valence-corrected chi connectivity index (χ1v) is 6.72. The molecule has 0 aliphatic heterocycles. The Kier molecular flexibility index (Phi) is 4.74. The average Bonchev–Trinajstić information content (AvgIpc) is 2.48. The highest BCUT2D eigenvalue weighted by molar-refractivity contribution is 6.33. The Balaban J connectivity index is 2.16. The molecule has 0 aliphatic rings. The zero-order chi connectivity index (χ0) is 14.5. The van der Waals surface area contributed by atoms with E-state index in [9.17, 15) is 0 Å². The third-order valence-electron chi connectivity index (χ3n) is 3.09. The number of aryl methyl sites for hydroxylation is 1. The van der Waals surface area contributed by atoms with Crippen molar-refractivity contribution in [2.75, 3.05) is 19.5 Å². The maximum Gasteiger partial charge on any atom is 0.127 e. The number of hydrogen-bond donors (Lipinski definition) is 1. The van der Waals surface area contributed by atoms with Crippen LogP contribution in [0.25, 0.3) is 0 Å². The number of rotatable bonds is 5. The van der Waals surface area contributed by atoms with Crippen molar-refractivity contribution in [3.63, 3.8) is 0 Å². The molecule has 1 N–H and O–H groups in total. The number of benzene rings is 2. The van der Waals surface area contributed by atoms with Crippen molar-refractivity contribution < 1.29 is 9.47 Å². The van der Waals surface area contributed by atoms with Crippen LogP contribution >= 0.6 is 11.6 Å². The first-order chi connectivity index (χ1) is 9.63. The molecular formula is C16H18ClNO2. The molecule has 4 heteroatoms. The highest BCUT2D eigenvalue weighted by Gasteiger charge is 2.06. The predicted molar refractivity (Wildman–Crippen MR) is 83.1 cm³/mol. The monoisotopic (exact) mass is 291 g/mol. The van der Waals surface area contributed by atoms with E-state index in [2.05, 4.69) is 5.32 Å². The van der Waals surface area contributed by atoms with Gasteiger partial charge in [0.25, 0.3) is 0 Å². The molecule has 0 unspecified atom stereocenters. The Bertz CT molecular complexity index is 599. The summed E-state index contributed by atoms with van der Waals surface area (Å²) in [7, 11) is 3.29. The molecule has 2 aromatic carbocycles. The van der Waals surface area contributed by atoms with Crippen LogP contribution in [0.3, 0.4) is 0 Å². The van der Waals surface area contributed by atoms with Crippen molar-refractivity contribution >= 4 is 17.3 Å². The summed E-state index contributed by atoms with van der Waals surface area (Å²) >= 11 is 6.17. The molecule has 0 atom stereocenters. The summed E-state index contributed by atoms with van der Waals surface area (Å²) in [5.41, 5.74) is 3.13. The Morgan fingerprint density at radius 3 is 2.55 bits per heavy atom. The van der Waals surface area contributed by atoms with Gasteiger partial charge in [0, 0.05) is 18.2 Å². The van der Waals surface area contributed by atoms with Crippen LogP contribution in [0, 0.1) is 6.92 Å². The van der Waals surface area contributed by atoms with Crippen LogP contribution < -0.4 is 14.8 Å². The van der Waals surface area contributed by atoms with Crippen molar-refractivity contribution in [2.45, 2.75) is 13.5 Å². The van der Waals surface area contributed by atoms with E-state index in [1.807, 2.05) is 43.3 Å². The van der Waals surface area contributed by atoms with Gasteiger partial charge in [-0.25, -0.2) is 0 Å². The highest BCUT2D eigenvalue weighted by atomic mass is 35.5. The van der Waals surface area contributed by atoms with Crippen molar-refractivity contribution in [2.24, 2.45) is 0 Å². The molecule has 0 aliphatic carbocycles. The van der Waals surface area contributed by atoms with Crippen molar-refractivity contribution in [1.29, 1.82) is 0 Å². The summed E-state index contributed by atoms with van der Waals surface area (Å²) < 4.78 is 10.6. The largest absolute Gasteiger partial charge is 0.497 e. The molecule has 0 heterocycles. The molecule has 0 aromatic heterocycles. The zero-order valence-corrected chi connectivity index (χ0v) is 12.6. The minimum atomic E-state index is 0.635. The lowest BCUT2D eigenvalue weighted by Gasteiger charge is -2.13. The second kappa shape index (κ2) is 6.53. The Hall–Kier alpha value is -1.87. The first kappa shape index (κ1) is 14.5. The summed E-state index contributed by atoms with van der Waals surface area (Å²) in [6, 6.07) is 11.7. The van der Waals surface area contributed by atoms with Gasteiger partial charge in [-0.05, 0) is 36.8 Å². The molecule has 0 spiro atoms. The molecule has 106 valence electrons. The minimum absolute atomic E-state index is 0.635. The molecule has 0 radical (unpaired) electrons. The van der Waals surface area contributed by atoms with Crippen molar-refractivity contribution in [1.82, 2.24) is 0 Å². The van der Waals surface area contributed by atoms with Crippen LogP contribution in [-0.4, -0.2) is 14.2 Å². The average molecular weight is 292 g/mol. The van der Waals surface area contributed by atoms with E-state index in [0.717, 1.165) is 22.7 Å². The van der Waals surface area contributed by atoms with Gasteiger partial charge < -0.3 is 14.8 Å². The van der Waals surface area contributed by atoms with Crippen LogP contribution in [0.4, 0.5) is 5.69 Å². The van der Waals surface area contributed by atoms with Gasteiger partial charge in [-0.2, -0.15) is 0 Å². The van der Waals surface area contributed by atoms with Crippen molar-refractivity contribution in [3.05, 3.63) is 52.5 Å². The van der Waals surface area contributed by atoms with Gasteiger partial charge in [0.2, 0.25) is 0 Å². The normalized spacial score (nSPS) is 10.2. The third kappa shape index (κ3) is 3.36. The van der Waals surface area contributed by atoms with Gasteiger partial charge in [-0.15, -0.1) is 0 Å². The Morgan fingerprint density at radius 1 is 1.05 bits per heavy atom. The summed E-state index contributed by atoms with van der Waals surface area (Å²) in [4.78, 5) is 0. The molecule has 0 saturated heterocycles. The number of ether oxygens (including phenoxy) is 2. The number of hydrogen-bond acceptors (Lipinski definition) is 3. The summed E-state index contributed by atoms with van der Waals surface area (Å²) in [6.45, 7) is 2.67. The van der Waals surface area contributed by atoms with E-state index < -0.39 is 0 Å². The van der Waals surface area contributed by atoms with E-state index in [-0.39, 0.29) is 0 Å². The molecule has 20 heavy (non-hydrogen) atoms. The van der Waals surface area contributed by atoms with Crippen LogP contribution in [0.1, 0.15) is 11.1 Å². The second-order valence-corrected chi connectivity index (χ2v) is 4.92. The molecule has 0 fully saturated rings. The third-order valence-corrected chi connectivity index (χ3v) is 3.41. The molecule has 2 rings (SSSR count). The van der Waals surface area contributed by atoms with Gasteiger partial charge in [-0.1, -0.05) is 17.7 Å². The van der Waals surface area contributed by atoms with E-state index in [1.54, 1.807) is 14.2 Å². The highest BCUT2D eigenvalue weighted by Crippen LogP contribution is 2.27. The molecule has 3 nitrogen and oxygen atoms in total. The lowest BCUT2D eigenvalue weighted by Crippen LogP contribution is -2.02. The fraction of sp³-hybridized carbons (Fsp3) is 0.250. The standard InChI is InChI=1S/C16H18ClNO2/c1-11-4-7-14(17)15(8-11)18-10-12-5-6-13(19-2)9-16(12)20-3/h4-9,18H,10H2,1-3H3. The molecule has 0 saturated carbocycles. The van der Waals surface area contributed by atoms with E-state index >= 15 is 0 Å². The van der Waals surface area contributed by atoms with Crippen molar-refractivity contribution in [3.8, 4) is 11.5 Å². The van der Waals surface area contributed by atoms with E-state index in [0.29, 0.717) is 11.6 Å². The fourth-order valence-corrected chi connectivity index (χ4v) is 2.15. The van der Waals surface area contributed by atoms with Gasteiger partial charge in [0.05, 0.1) is 24.9 Å². The SMILES string of the molecule is COc1ccc(CNc2cc(C)ccc2Cl)c(OC)c1. The first-order valence-electron chi connectivity index (χ1n) is 6.35. The zero-order valence-electron chi connectivity index (χ0n) is 11.9. The number of methoxy groups -OCH3 is 2. The molecule has 0 amide bonds. The van der Waals surface area contributed by atoms with Gasteiger partial charge in [0.15, 0.2) is 0 Å².